The van der Waals surface area contributed by atoms with E-state index in [9.17, 15) is 9.50 Å². The predicted molar refractivity (Wildman–Crippen MR) is 66.4 cm³/mol. The molecular weight excluding hydrogens is 217 g/mol. The maximum Gasteiger partial charge on any atom is 0.123 e. The third-order valence-electron chi connectivity index (χ3n) is 3.83. The molecule has 94 valence electrons. The first kappa shape index (κ1) is 12.5. The molecule has 17 heavy (non-hydrogen) atoms. The number of halogens is 1. The summed E-state index contributed by atoms with van der Waals surface area (Å²) < 4.78 is 12.9. The number of nitrogens with zero attached hydrogens (tertiary/aromatic N) is 1. The average Bonchev–Trinajstić information content (AvgIpc) is 2.35. The van der Waals surface area contributed by atoms with Crippen LogP contribution >= 0.6 is 0 Å². The van der Waals surface area contributed by atoms with Gasteiger partial charge < -0.3 is 10.0 Å². The fourth-order valence-electron chi connectivity index (χ4n) is 2.67. The highest BCUT2D eigenvalue weighted by Crippen LogP contribution is 2.32. The number of rotatable bonds is 3. The van der Waals surface area contributed by atoms with E-state index >= 15 is 0 Å². The maximum atomic E-state index is 12.9. The number of benzene rings is 1. The van der Waals surface area contributed by atoms with E-state index in [2.05, 4.69) is 11.9 Å². The highest BCUT2D eigenvalue weighted by atomic mass is 19.1. The summed E-state index contributed by atoms with van der Waals surface area (Å²) in [5.74, 6) is 0.458. The Morgan fingerprint density at radius 2 is 1.88 bits per heavy atom. The van der Waals surface area contributed by atoms with E-state index in [0.29, 0.717) is 5.92 Å². The molecule has 1 aromatic rings. The lowest BCUT2D eigenvalue weighted by molar-refractivity contribution is 0.156. The van der Waals surface area contributed by atoms with Crippen molar-refractivity contribution < 1.29 is 9.50 Å². The number of likely N-dealkylation sites (tertiary alicyclic amines) is 1. The van der Waals surface area contributed by atoms with Crippen LogP contribution in [0.15, 0.2) is 24.3 Å². The van der Waals surface area contributed by atoms with E-state index in [-0.39, 0.29) is 18.3 Å². The van der Waals surface area contributed by atoms with Crippen molar-refractivity contribution in [3.05, 3.63) is 35.6 Å². The lowest BCUT2D eigenvalue weighted by Crippen LogP contribution is -2.33. The van der Waals surface area contributed by atoms with Crippen molar-refractivity contribution in [2.24, 2.45) is 5.92 Å². The van der Waals surface area contributed by atoms with Gasteiger partial charge in [-0.25, -0.2) is 4.39 Å². The quantitative estimate of drug-likeness (QED) is 0.871. The fraction of sp³-hybridized carbons (Fsp3) is 0.571. The standard InChI is InChI=1S/C14H20FNO/c1-16-8-6-12(7-9-16)14(10-17)11-2-4-13(15)5-3-11/h2-5,12,14,17H,6-10H2,1H3. The van der Waals surface area contributed by atoms with E-state index < -0.39 is 0 Å². The predicted octanol–water partition coefficient (Wildman–Crippen LogP) is 2.24. The Labute approximate surface area is 102 Å². The molecule has 0 bridgehead atoms. The van der Waals surface area contributed by atoms with E-state index in [4.69, 9.17) is 0 Å². The maximum absolute atomic E-state index is 12.9. The van der Waals surface area contributed by atoms with Crippen LogP contribution in [0.1, 0.15) is 24.3 Å². The van der Waals surface area contributed by atoms with Crippen molar-refractivity contribution >= 4 is 0 Å². The Morgan fingerprint density at radius 1 is 1.29 bits per heavy atom. The topological polar surface area (TPSA) is 23.5 Å². The van der Waals surface area contributed by atoms with Gasteiger partial charge in [0.25, 0.3) is 0 Å². The lowest BCUT2D eigenvalue weighted by atomic mass is 9.80. The van der Waals surface area contributed by atoms with Gasteiger partial charge >= 0.3 is 0 Å². The summed E-state index contributed by atoms with van der Waals surface area (Å²) in [6.07, 6.45) is 2.22. The molecule has 3 heteroatoms. The van der Waals surface area contributed by atoms with Gasteiger partial charge in [-0.05, 0) is 56.6 Å². The summed E-state index contributed by atoms with van der Waals surface area (Å²) in [7, 11) is 2.13. The Morgan fingerprint density at radius 3 is 2.41 bits per heavy atom. The van der Waals surface area contributed by atoms with Gasteiger partial charge in [-0.2, -0.15) is 0 Å². The average molecular weight is 237 g/mol. The van der Waals surface area contributed by atoms with E-state index in [1.54, 1.807) is 12.1 Å². The number of piperidine rings is 1. The summed E-state index contributed by atoms with van der Waals surface area (Å²) in [5.41, 5.74) is 1.06. The van der Waals surface area contributed by atoms with E-state index in [1.165, 1.54) is 12.1 Å². The van der Waals surface area contributed by atoms with Crippen LogP contribution in [0, 0.1) is 11.7 Å². The Kier molecular flexibility index (Phi) is 4.13. The minimum absolute atomic E-state index is 0.153. The number of aliphatic hydroxyl groups is 1. The van der Waals surface area contributed by atoms with Gasteiger partial charge in [0.15, 0.2) is 0 Å². The Hall–Kier alpha value is -0.930. The van der Waals surface area contributed by atoms with Crippen LogP contribution in [0.4, 0.5) is 4.39 Å². The molecule has 1 fully saturated rings. The number of hydrogen-bond acceptors (Lipinski definition) is 2. The van der Waals surface area contributed by atoms with Crippen LogP contribution in [0.25, 0.3) is 0 Å². The first-order valence-electron chi connectivity index (χ1n) is 6.25. The molecule has 1 heterocycles. The van der Waals surface area contributed by atoms with Crippen molar-refractivity contribution in [3.8, 4) is 0 Å². The minimum atomic E-state index is -0.214. The third kappa shape index (κ3) is 3.05. The summed E-state index contributed by atoms with van der Waals surface area (Å²) in [6.45, 7) is 2.32. The highest BCUT2D eigenvalue weighted by molar-refractivity contribution is 5.21. The molecule has 1 unspecified atom stereocenters. The molecule has 1 aromatic carbocycles. The van der Waals surface area contributed by atoms with Gasteiger partial charge in [0.2, 0.25) is 0 Å². The zero-order chi connectivity index (χ0) is 12.3. The molecule has 0 saturated carbocycles. The van der Waals surface area contributed by atoms with Gasteiger partial charge in [0.05, 0.1) is 6.61 Å². The van der Waals surface area contributed by atoms with Gasteiger partial charge in [0, 0.05) is 5.92 Å². The van der Waals surface area contributed by atoms with Crippen LogP contribution in [0.5, 0.6) is 0 Å². The molecule has 0 radical (unpaired) electrons. The molecule has 1 saturated heterocycles. The SMILES string of the molecule is CN1CCC(C(CO)c2ccc(F)cc2)CC1. The van der Waals surface area contributed by atoms with Crippen molar-refractivity contribution in [2.75, 3.05) is 26.7 Å². The lowest BCUT2D eigenvalue weighted by Gasteiger charge is -2.33. The second-order valence-electron chi connectivity index (χ2n) is 4.98. The second kappa shape index (κ2) is 5.61. The van der Waals surface area contributed by atoms with Crippen LogP contribution in [0.3, 0.4) is 0 Å². The largest absolute Gasteiger partial charge is 0.396 e. The molecule has 1 atom stereocenters. The zero-order valence-electron chi connectivity index (χ0n) is 10.3. The van der Waals surface area contributed by atoms with Crippen molar-refractivity contribution in [1.29, 1.82) is 0 Å². The molecule has 1 aliphatic heterocycles. The summed E-state index contributed by atoms with van der Waals surface area (Å²) in [4.78, 5) is 2.32. The molecule has 0 spiro atoms. The molecule has 2 nitrogen and oxygen atoms in total. The van der Waals surface area contributed by atoms with Crippen LogP contribution < -0.4 is 0 Å². The van der Waals surface area contributed by atoms with Crippen molar-refractivity contribution in [2.45, 2.75) is 18.8 Å². The van der Waals surface area contributed by atoms with Crippen LogP contribution in [-0.2, 0) is 0 Å². The minimum Gasteiger partial charge on any atom is -0.396 e. The number of hydrogen-bond donors (Lipinski definition) is 1. The summed E-state index contributed by atoms with van der Waals surface area (Å²) >= 11 is 0. The fourth-order valence-corrected chi connectivity index (χ4v) is 2.67. The van der Waals surface area contributed by atoms with Gasteiger partial charge in [0.1, 0.15) is 5.82 Å². The second-order valence-corrected chi connectivity index (χ2v) is 4.98. The molecule has 0 aromatic heterocycles. The van der Waals surface area contributed by atoms with Crippen molar-refractivity contribution in [3.63, 3.8) is 0 Å². The smallest absolute Gasteiger partial charge is 0.123 e. The van der Waals surface area contributed by atoms with Crippen LogP contribution in [0.2, 0.25) is 0 Å². The van der Waals surface area contributed by atoms with E-state index in [0.717, 1.165) is 31.5 Å². The van der Waals surface area contributed by atoms with Gasteiger partial charge in [-0.3, -0.25) is 0 Å². The summed E-state index contributed by atoms with van der Waals surface area (Å²) in [5, 5.41) is 9.56. The Bertz CT molecular complexity index is 344. The molecule has 0 aliphatic carbocycles. The Balaban J connectivity index is 2.08. The third-order valence-corrected chi connectivity index (χ3v) is 3.83. The molecular formula is C14H20FNO. The molecule has 1 N–H and O–H groups in total. The first-order valence-corrected chi connectivity index (χ1v) is 6.25. The molecule has 1 aliphatic rings. The molecule has 2 rings (SSSR count). The van der Waals surface area contributed by atoms with E-state index in [1.807, 2.05) is 0 Å². The zero-order valence-corrected chi connectivity index (χ0v) is 10.3. The monoisotopic (exact) mass is 237 g/mol. The van der Waals surface area contributed by atoms with Crippen LogP contribution in [-0.4, -0.2) is 36.8 Å². The van der Waals surface area contributed by atoms with Gasteiger partial charge in [-0.1, -0.05) is 12.1 Å². The first-order chi connectivity index (χ1) is 8.20. The number of aliphatic hydroxyl groups excluding tert-OH is 1. The molecule has 0 amide bonds. The van der Waals surface area contributed by atoms with Crippen molar-refractivity contribution in [1.82, 2.24) is 4.90 Å². The highest BCUT2D eigenvalue weighted by Gasteiger charge is 2.25. The normalized spacial score (nSPS) is 20.4. The van der Waals surface area contributed by atoms with Gasteiger partial charge in [-0.15, -0.1) is 0 Å². The summed E-state index contributed by atoms with van der Waals surface area (Å²) in [6, 6.07) is 6.56.